The van der Waals surface area contributed by atoms with Crippen LogP contribution in [0.15, 0.2) is 54.6 Å². The van der Waals surface area contributed by atoms with E-state index in [4.69, 9.17) is 9.47 Å². The molecule has 0 aromatic heterocycles. The number of hydrogen-bond acceptors (Lipinski definition) is 5. The lowest BCUT2D eigenvalue weighted by atomic mass is 9.76. The van der Waals surface area contributed by atoms with E-state index < -0.39 is 11.0 Å². The van der Waals surface area contributed by atoms with Crippen molar-refractivity contribution in [3.8, 4) is 11.5 Å². The van der Waals surface area contributed by atoms with Gasteiger partial charge in [-0.15, -0.1) is 0 Å². The van der Waals surface area contributed by atoms with Crippen molar-refractivity contribution in [1.29, 1.82) is 0 Å². The number of carbonyl (C=O) groups is 2. The van der Waals surface area contributed by atoms with E-state index in [2.05, 4.69) is 0 Å². The van der Waals surface area contributed by atoms with Gasteiger partial charge in [0.2, 0.25) is 0 Å². The van der Waals surface area contributed by atoms with Gasteiger partial charge in [0.25, 0.3) is 0 Å². The molecule has 1 N–H and O–H groups in total. The van der Waals surface area contributed by atoms with Gasteiger partial charge in [-0.05, 0) is 83.2 Å². The molecule has 0 aliphatic heterocycles. The van der Waals surface area contributed by atoms with Crippen LogP contribution in [0.1, 0.15) is 65.9 Å². The highest BCUT2D eigenvalue weighted by molar-refractivity contribution is 5.78. The molecule has 2 aromatic carbocycles. The van der Waals surface area contributed by atoms with Gasteiger partial charge in [-0.1, -0.05) is 37.3 Å². The van der Waals surface area contributed by atoms with Crippen LogP contribution < -0.4 is 4.74 Å². The molecule has 0 aliphatic rings. The van der Waals surface area contributed by atoms with Crippen molar-refractivity contribution >= 4 is 11.9 Å². The summed E-state index contributed by atoms with van der Waals surface area (Å²) < 4.78 is 11.1. The smallest absolute Gasteiger partial charge is 0.316 e. The second kappa shape index (κ2) is 9.99. The van der Waals surface area contributed by atoms with Gasteiger partial charge in [-0.2, -0.15) is 0 Å². The number of esters is 2. The Morgan fingerprint density at radius 2 is 1.52 bits per heavy atom. The van der Waals surface area contributed by atoms with Crippen LogP contribution in [0.25, 0.3) is 0 Å². The minimum absolute atomic E-state index is 0.0221. The lowest BCUT2D eigenvalue weighted by Crippen LogP contribution is -2.32. The van der Waals surface area contributed by atoms with Crippen LogP contribution in [0.4, 0.5) is 0 Å². The maximum Gasteiger partial charge on any atom is 0.316 e. The van der Waals surface area contributed by atoms with E-state index >= 15 is 0 Å². The molecule has 2 atom stereocenters. The van der Waals surface area contributed by atoms with Gasteiger partial charge in [-0.25, -0.2) is 0 Å². The fourth-order valence-electron chi connectivity index (χ4n) is 3.45. The molecule has 2 aromatic rings. The molecule has 0 amide bonds. The highest BCUT2D eigenvalue weighted by atomic mass is 16.6. The Morgan fingerprint density at radius 1 is 0.935 bits per heavy atom. The third kappa shape index (κ3) is 7.74. The van der Waals surface area contributed by atoms with E-state index in [1.165, 1.54) is 12.1 Å². The van der Waals surface area contributed by atoms with Gasteiger partial charge < -0.3 is 14.6 Å². The first-order valence-corrected chi connectivity index (χ1v) is 10.7. The zero-order valence-corrected chi connectivity index (χ0v) is 19.3. The maximum atomic E-state index is 12.9. The average molecular weight is 427 g/mol. The summed E-state index contributed by atoms with van der Waals surface area (Å²) in [5.74, 6) is -0.435. The predicted octanol–water partition coefficient (Wildman–Crippen LogP) is 5.87. The van der Waals surface area contributed by atoms with Crippen molar-refractivity contribution in [2.24, 2.45) is 11.3 Å². The second-order valence-corrected chi connectivity index (χ2v) is 9.75. The lowest BCUT2D eigenvalue weighted by molar-refractivity contribution is -0.159. The largest absolute Gasteiger partial charge is 0.508 e. The molecule has 0 bridgehead atoms. The second-order valence-electron chi connectivity index (χ2n) is 9.75. The SMILES string of the molecule is CC(CC(CC(C)(C)C(=O)Oc1ccc(O)cc1)c1ccccc1)C(=O)OC(C)(C)C. The number of aromatic hydroxyl groups is 1. The first-order chi connectivity index (χ1) is 14.4. The number of rotatable bonds is 8. The minimum atomic E-state index is -0.786. The Kier molecular flexibility index (Phi) is 7.88. The molecule has 2 rings (SSSR count). The molecule has 5 nitrogen and oxygen atoms in total. The van der Waals surface area contributed by atoms with E-state index in [-0.39, 0.29) is 29.5 Å². The van der Waals surface area contributed by atoms with Gasteiger partial charge in [0.15, 0.2) is 0 Å². The number of phenols is 1. The van der Waals surface area contributed by atoms with E-state index in [1.807, 2.05) is 71.9 Å². The summed E-state index contributed by atoms with van der Waals surface area (Å²) in [6, 6.07) is 16.0. The summed E-state index contributed by atoms with van der Waals surface area (Å²) >= 11 is 0. The molecular weight excluding hydrogens is 392 g/mol. The molecule has 0 aliphatic carbocycles. The van der Waals surface area contributed by atoms with Gasteiger partial charge in [0.05, 0.1) is 11.3 Å². The topological polar surface area (TPSA) is 72.8 Å². The quantitative estimate of drug-likeness (QED) is 0.422. The van der Waals surface area contributed by atoms with Crippen molar-refractivity contribution in [2.75, 3.05) is 0 Å². The maximum absolute atomic E-state index is 12.9. The van der Waals surface area contributed by atoms with E-state index in [9.17, 15) is 14.7 Å². The molecule has 0 saturated carbocycles. The van der Waals surface area contributed by atoms with Crippen molar-refractivity contribution in [3.05, 3.63) is 60.2 Å². The molecule has 0 radical (unpaired) electrons. The minimum Gasteiger partial charge on any atom is -0.508 e. The molecule has 31 heavy (non-hydrogen) atoms. The summed E-state index contributed by atoms with van der Waals surface area (Å²) in [6.07, 6.45) is 1.08. The van der Waals surface area contributed by atoms with Crippen molar-refractivity contribution < 1.29 is 24.2 Å². The number of phenolic OH excluding ortho intramolecular Hbond substituents is 1. The monoisotopic (exact) mass is 426 g/mol. The molecule has 0 spiro atoms. The van der Waals surface area contributed by atoms with Crippen molar-refractivity contribution in [3.63, 3.8) is 0 Å². The summed E-state index contributed by atoms with van der Waals surface area (Å²) in [5.41, 5.74) is -0.254. The lowest BCUT2D eigenvalue weighted by Gasteiger charge is -2.30. The van der Waals surface area contributed by atoms with Crippen molar-refractivity contribution in [1.82, 2.24) is 0 Å². The van der Waals surface area contributed by atoms with E-state index in [1.54, 1.807) is 12.1 Å². The number of hydrogen-bond donors (Lipinski definition) is 1. The van der Waals surface area contributed by atoms with Crippen LogP contribution in [0.3, 0.4) is 0 Å². The van der Waals surface area contributed by atoms with Gasteiger partial charge in [0.1, 0.15) is 17.1 Å². The number of benzene rings is 2. The Hall–Kier alpha value is -2.82. The van der Waals surface area contributed by atoms with Gasteiger partial charge in [0, 0.05) is 0 Å². The fourth-order valence-corrected chi connectivity index (χ4v) is 3.45. The first kappa shape index (κ1) is 24.4. The number of ether oxygens (including phenoxy) is 2. The summed E-state index contributed by atoms with van der Waals surface area (Å²) in [6.45, 7) is 11.1. The molecule has 0 saturated heterocycles. The van der Waals surface area contributed by atoms with Crippen LogP contribution in [-0.4, -0.2) is 22.6 Å². The van der Waals surface area contributed by atoms with Gasteiger partial charge in [-0.3, -0.25) is 9.59 Å². The molecular formula is C26H34O5. The van der Waals surface area contributed by atoms with Crippen LogP contribution in [0.5, 0.6) is 11.5 Å². The molecule has 5 heteroatoms. The average Bonchev–Trinajstić information content (AvgIpc) is 2.68. The molecule has 168 valence electrons. The molecule has 2 unspecified atom stereocenters. The molecule has 0 heterocycles. The normalized spacial score (nSPS) is 13.9. The zero-order chi connectivity index (χ0) is 23.2. The highest BCUT2D eigenvalue weighted by Gasteiger charge is 2.35. The van der Waals surface area contributed by atoms with Crippen LogP contribution >= 0.6 is 0 Å². The van der Waals surface area contributed by atoms with Gasteiger partial charge >= 0.3 is 11.9 Å². The fraction of sp³-hybridized carbons (Fsp3) is 0.462. The van der Waals surface area contributed by atoms with Crippen molar-refractivity contribution in [2.45, 2.75) is 65.9 Å². The third-order valence-corrected chi connectivity index (χ3v) is 5.07. The summed E-state index contributed by atoms with van der Waals surface area (Å²) in [4.78, 5) is 25.5. The standard InChI is InChI=1S/C26H34O5/c1-18(23(28)31-25(2,3)4)16-20(19-10-8-7-9-11-19)17-26(5,6)24(29)30-22-14-12-21(27)13-15-22/h7-15,18,20,27H,16-17H2,1-6H3. The summed E-state index contributed by atoms with van der Waals surface area (Å²) in [7, 11) is 0. The predicted molar refractivity (Wildman–Crippen MR) is 121 cm³/mol. The van der Waals surface area contributed by atoms with E-state index in [0.717, 1.165) is 5.56 Å². The van der Waals surface area contributed by atoms with Crippen LogP contribution in [0, 0.1) is 11.3 Å². The molecule has 0 fully saturated rings. The Balaban J connectivity index is 2.17. The summed E-state index contributed by atoms with van der Waals surface area (Å²) in [5, 5.41) is 9.42. The Morgan fingerprint density at radius 3 is 2.06 bits per heavy atom. The van der Waals surface area contributed by atoms with Crippen LogP contribution in [-0.2, 0) is 14.3 Å². The van der Waals surface area contributed by atoms with E-state index in [0.29, 0.717) is 18.6 Å². The Bertz CT molecular complexity index is 863. The Labute approximate surface area is 185 Å². The highest BCUT2D eigenvalue weighted by Crippen LogP contribution is 2.37. The first-order valence-electron chi connectivity index (χ1n) is 10.7. The zero-order valence-electron chi connectivity index (χ0n) is 19.3. The third-order valence-electron chi connectivity index (χ3n) is 5.07. The van der Waals surface area contributed by atoms with Crippen LogP contribution in [0.2, 0.25) is 0 Å². The number of carbonyl (C=O) groups excluding carboxylic acids is 2.